The van der Waals surface area contributed by atoms with Gasteiger partial charge in [-0.3, -0.25) is 4.79 Å². The summed E-state index contributed by atoms with van der Waals surface area (Å²) in [7, 11) is 1.58. The van der Waals surface area contributed by atoms with Crippen molar-refractivity contribution in [2.75, 3.05) is 26.8 Å². The maximum Gasteiger partial charge on any atom is 0.222 e. The number of amides is 1. The number of nitrogens with one attached hydrogen (secondary N) is 2. The minimum absolute atomic E-state index is 0.000229. The van der Waals surface area contributed by atoms with Gasteiger partial charge in [0.1, 0.15) is 0 Å². The minimum atomic E-state index is -0.000229. The van der Waals surface area contributed by atoms with E-state index in [4.69, 9.17) is 9.47 Å². The summed E-state index contributed by atoms with van der Waals surface area (Å²) in [4.78, 5) is 15.8. The maximum absolute atomic E-state index is 11.7. The molecule has 0 aliphatic carbocycles. The van der Waals surface area contributed by atoms with Gasteiger partial charge in [0.15, 0.2) is 0 Å². The number of pyridine rings is 1. The SMILES string of the molecule is COc1ccc(CNC(=O)CCOC2CCNCC2)cn1. The molecule has 0 atom stereocenters. The van der Waals surface area contributed by atoms with Gasteiger partial charge in [-0.2, -0.15) is 0 Å². The van der Waals surface area contributed by atoms with Gasteiger partial charge in [0.2, 0.25) is 11.8 Å². The lowest BCUT2D eigenvalue weighted by Crippen LogP contribution is -2.33. The van der Waals surface area contributed by atoms with E-state index in [-0.39, 0.29) is 5.91 Å². The van der Waals surface area contributed by atoms with Gasteiger partial charge in [0.25, 0.3) is 0 Å². The van der Waals surface area contributed by atoms with Crippen molar-refractivity contribution in [2.45, 2.75) is 31.9 Å². The van der Waals surface area contributed by atoms with Crippen molar-refractivity contribution in [1.82, 2.24) is 15.6 Å². The van der Waals surface area contributed by atoms with Crippen molar-refractivity contribution >= 4 is 5.91 Å². The third-order valence-corrected chi connectivity index (χ3v) is 3.47. The third kappa shape index (κ3) is 5.69. The van der Waals surface area contributed by atoms with Crippen LogP contribution >= 0.6 is 0 Å². The smallest absolute Gasteiger partial charge is 0.222 e. The van der Waals surface area contributed by atoms with Gasteiger partial charge in [-0.1, -0.05) is 6.07 Å². The van der Waals surface area contributed by atoms with Crippen molar-refractivity contribution in [3.63, 3.8) is 0 Å². The summed E-state index contributed by atoms with van der Waals surface area (Å²) in [6, 6.07) is 3.67. The van der Waals surface area contributed by atoms with Crippen LogP contribution in [-0.4, -0.2) is 43.8 Å². The molecule has 6 heteroatoms. The van der Waals surface area contributed by atoms with Gasteiger partial charge >= 0.3 is 0 Å². The Morgan fingerprint density at radius 1 is 1.43 bits per heavy atom. The second kappa shape index (κ2) is 8.59. The highest BCUT2D eigenvalue weighted by Gasteiger charge is 2.13. The highest BCUT2D eigenvalue weighted by molar-refractivity contribution is 5.75. The Morgan fingerprint density at radius 3 is 2.90 bits per heavy atom. The quantitative estimate of drug-likeness (QED) is 0.780. The van der Waals surface area contributed by atoms with Gasteiger partial charge < -0.3 is 20.1 Å². The van der Waals surface area contributed by atoms with E-state index in [0.717, 1.165) is 31.5 Å². The van der Waals surface area contributed by atoms with Crippen molar-refractivity contribution in [3.05, 3.63) is 23.9 Å². The molecule has 2 rings (SSSR count). The Kier molecular flexibility index (Phi) is 6.43. The van der Waals surface area contributed by atoms with E-state index in [0.29, 0.717) is 31.6 Å². The topological polar surface area (TPSA) is 72.5 Å². The first-order valence-electron chi connectivity index (χ1n) is 7.36. The zero-order chi connectivity index (χ0) is 14.9. The highest BCUT2D eigenvalue weighted by atomic mass is 16.5. The average molecular weight is 293 g/mol. The zero-order valence-electron chi connectivity index (χ0n) is 12.4. The Hall–Kier alpha value is -1.66. The number of methoxy groups -OCH3 is 1. The molecular formula is C15H23N3O3. The Bertz CT molecular complexity index is 430. The summed E-state index contributed by atoms with van der Waals surface area (Å²) >= 11 is 0. The second-order valence-corrected chi connectivity index (χ2v) is 5.06. The van der Waals surface area contributed by atoms with Crippen LogP contribution in [-0.2, 0) is 16.1 Å². The van der Waals surface area contributed by atoms with Crippen molar-refractivity contribution in [2.24, 2.45) is 0 Å². The maximum atomic E-state index is 11.7. The molecular weight excluding hydrogens is 270 g/mol. The van der Waals surface area contributed by atoms with Crippen LogP contribution < -0.4 is 15.4 Å². The Morgan fingerprint density at radius 2 is 2.24 bits per heavy atom. The summed E-state index contributed by atoms with van der Waals surface area (Å²) in [6.07, 6.45) is 4.45. The monoisotopic (exact) mass is 293 g/mol. The van der Waals surface area contributed by atoms with Crippen LogP contribution in [0.25, 0.3) is 0 Å². The highest BCUT2D eigenvalue weighted by Crippen LogP contribution is 2.08. The van der Waals surface area contributed by atoms with Crippen LogP contribution in [0.1, 0.15) is 24.8 Å². The molecule has 0 spiro atoms. The molecule has 2 N–H and O–H groups in total. The fourth-order valence-corrected chi connectivity index (χ4v) is 2.21. The lowest BCUT2D eigenvalue weighted by Gasteiger charge is -2.22. The van der Waals surface area contributed by atoms with E-state index in [1.54, 1.807) is 19.4 Å². The molecule has 1 aromatic rings. The van der Waals surface area contributed by atoms with E-state index in [2.05, 4.69) is 15.6 Å². The first-order valence-corrected chi connectivity index (χ1v) is 7.36. The first-order chi connectivity index (χ1) is 10.3. The molecule has 0 bridgehead atoms. The Labute approximate surface area is 125 Å². The van der Waals surface area contributed by atoms with E-state index < -0.39 is 0 Å². The number of aromatic nitrogens is 1. The summed E-state index contributed by atoms with van der Waals surface area (Å²) in [6.45, 7) is 2.96. The molecule has 0 saturated carbocycles. The number of hydrogen-bond donors (Lipinski definition) is 2. The molecule has 0 unspecified atom stereocenters. The molecule has 1 aromatic heterocycles. The number of carbonyl (C=O) groups excluding carboxylic acids is 1. The van der Waals surface area contributed by atoms with Crippen LogP contribution in [0.4, 0.5) is 0 Å². The number of ether oxygens (including phenoxy) is 2. The molecule has 1 saturated heterocycles. The van der Waals surface area contributed by atoms with E-state index in [9.17, 15) is 4.79 Å². The summed E-state index contributed by atoms with van der Waals surface area (Å²) in [5.74, 6) is 0.570. The van der Waals surface area contributed by atoms with Gasteiger partial charge in [-0.05, 0) is 31.5 Å². The van der Waals surface area contributed by atoms with Gasteiger partial charge in [-0.15, -0.1) is 0 Å². The molecule has 2 heterocycles. The summed E-state index contributed by atoms with van der Waals surface area (Å²) < 4.78 is 10.7. The van der Waals surface area contributed by atoms with Gasteiger partial charge in [0, 0.05) is 25.2 Å². The normalized spacial score (nSPS) is 15.7. The predicted octanol–water partition coefficient (Wildman–Crippen LogP) is 0.865. The Balaban J connectivity index is 1.60. The van der Waals surface area contributed by atoms with Gasteiger partial charge in [-0.25, -0.2) is 4.98 Å². The van der Waals surface area contributed by atoms with Crippen molar-refractivity contribution in [3.8, 4) is 5.88 Å². The molecule has 0 radical (unpaired) electrons. The predicted molar refractivity (Wildman–Crippen MR) is 79.1 cm³/mol. The first kappa shape index (κ1) is 15.7. The number of rotatable bonds is 7. The summed E-state index contributed by atoms with van der Waals surface area (Å²) in [5.41, 5.74) is 0.948. The third-order valence-electron chi connectivity index (χ3n) is 3.47. The minimum Gasteiger partial charge on any atom is -0.481 e. The van der Waals surface area contributed by atoms with E-state index in [1.807, 2.05) is 6.07 Å². The zero-order valence-corrected chi connectivity index (χ0v) is 12.4. The van der Waals surface area contributed by atoms with Crippen molar-refractivity contribution < 1.29 is 14.3 Å². The molecule has 116 valence electrons. The number of hydrogen-bond acceptors (Lipinski definition) is 5. The van der Waals surface area contributed by atoms with Gasteiger partial charge in [0.05, 0.1) is 19.8 Å². The van der Waals surface area contributed by atoms with Crippen LogP contribution in [0, 0.1) is 0 Å². The number of piperidine rings is 1. The summed E-state index contributed by atoms with van der Waals surface area (Å²) in [5, 5.41) is 6.15. The molecule has 1 fully saturated rings. The fourth-order valence-electron chi connectivity index (χ4n) is 2.21. The molecule has 21 heavy (non-hydrogen) atoms. The molecule has 6 nitrogen and oxygen atoms in total. The van der Waals surface area contributed by atoms with Crippen molar-refractivity contribution in [1.29, 1.82) is 0 Å². The fraction of sp³-hybridized carbons (Fsp3) is 0.600. The molecule has 1 amide bonds. The number of nitrogens with zero attached hydrogens (tertiary/aromatic N) is 1. The second-order valence-electron chi connectivity index (χ2n) is 5.06. The lowest BCUT2D eigenvalue weighted by molar-refractivity contribution is -0.122. The van der Waals surface area contributed by atoms with Crippen LogP contribution in [0.15, 0.2) is 18.3 Å². The molecule has 1 aliphatic rings. The average Bonchev–Trinajstić information content (AvgIpc) is 2.54. The standard InChI is InChI=1S/C15H23N3O3/c1-20-15-3-2-12(11-18-15)10-17-14(19)6-9-21-13-4-7-16-8-5-13/h2-3,11,13,16H,4-10H2,1H3,(H,17,19). The molecule has 1 aliphatic heterocycles. The largest absolute Gasteiger partial charge is 0.481 e. The van der Waals surface area contributed by atoms with E-state index in [1.165, 1.54) is 0 Å². The number of carbonyl (C=O) groups is 1. The lowest BCUT2D eigenvalue weighted by atomic mass is 10.1. The van der Waals surface area contributed by atoms with Crippen LogP contribution in [0.5, 0.6) is 5.88 Å². The molecule has 0 aromatic carbocycles. The van der Waals surface area contributed by atoms with E-state index >= 15 is 0 Å². The van der Waals surface area contributed by atoms with Crippen LogP contribution in [0.3, 0.4) is 0 Å². The van der Waals surface area contributed by atoms with Crippen LogP contribution in [0.2, 0.25) is 0 Å².